The third kappa shape index (κ3) is 2.72. The van der Waals surface area contributed by atoms with Gasteiger partial charge in [0.2, 0.25) is 5.88 Å². The topological polar surface area (TPSA) is 61.0 Å². The molecule has 2 N–H and O–H groups in total. The minimum Gasteiger partial charge on any atom is -0.437 e. The molecule has 17 heavy (non-hydrogen) atoms. The number of hydrogen-bond acceptors (Lipinski definition) is 4. The smallest absolute Gasteiger partial charge is 0.242 e. The zero-order valence-electron chi connectivity index (χ0n) is 9.35. The Morgan fingerprint density at radius 3 is 2.82 bits per heavy atom. The second-order valence-electron chi connectivity index (χ2n) is 3.52. The summed E-state index contributed by atoms with van der Waals surface area (Å²) in [6.07, 6.45) is 3.15. The average molecular weight is 250 g/mol. The molecule has 2 aromatic rings. The maximum Gasteiger partial charge on any atom is 0.242 e. The van der Waals surface area contributed by atoms with E-state index in [4.69, 9.17) is 22.1 Å². The monoisotopic (exact) mass is 249 g/mol. The van der Waals surface area contributed by atoms with Crippen molar-refractivity contribution in [2.45, 2.75) is 13.5 Å². The van der Waals surface area contributed by atoms with Crippen LogP contribution in [0.15, 0.2) is 30.6 Å². The highest BCUT2D eigenvalue weighted by Crippen LogP contribution is 2.27. The van der Waals surface area contributed by atoms with Crippen LogP contribution in [0.4, 0.5) is 0 Å². The van der Waals surface area contributed by atoms with E-state index >= 15 is 0 Å². The van der Waals surface area contributed by atoms with E-state index in [-0.39, 0.29) is 6.54 Å². The molecule has 5 heteroatoms. The van der Waals surface area contributed by atoms with E-state index in [0.717, 1.165) is 5.56 Å². The van der Waals surface area contributed by atoms with Gasteiger partial charge in [0.05, 0.1) is 0 Å². The first-order valence-corrected chi connectivity index (χ1v) is 5.52. The van der Waals surface area contributed by atoms with Gasteiger partial charge in [0.25, 0.3) is 0 Å². The number of hydrogen-bond donors (Lipinski definition) is 1. The lowest BCUT2D eigenvalue weighted by Crippen LogP contribution is -2.04. The number of aromatic nitrogens is 2. The summed E-state index contributed by atoms with van der Waals surface area (Å²) in [6, 6.07) is 5.44. The Labute approximate surface area is 104 Å². The van der Waals surface area contributed by atoms with Crippen LogP contribution >= 0.6 is 11.6 Å². The zero-order chi connectivity index (χ0) is 12.3. The first kappa shape index (κ1) is 11.8. The Morgan fingerprint density at radius 1 is 1.29 bits per heavy atom. The van der Waals surface area contributed by atoms with Gasteiger partial charge in [-0.1, -0.05) is 17.7 Å². The molecule has 0 atom stereocenters. The molecular weight excluding hydrogens is 238 g/mol. The molecule has 4 nitrogen and oxygen atoms in total. The van der Waals surface area contributed by atoms with E-state index in [1.165, 1.54) is 0 Å². The predicted molar refractivity (Wildman–Crippen MR) is 66.2 cm³/mol. The van der Waals surface area contributed by atoms with Gasteiger partial charge >= 0.3 is 0 Å². The fraction of sp³-hybridized carbons (Fsp3) is 0.167. The standard InChI is InChI=1S/C12H12ClN3O/c1-8-2-3-9(13)6-11(8)17-12-10(7-14)15-4-5-16-12/h2-6H,7,14H2,1H3. The Kier molecular flexibility index (Phi) is 3.56. The average Bonchev–Trinajstić information content (AvgIpc) is 2.34. The van der Waals surface area contributed by atoms with Crippen LogP contribution in [0.5, 0.6) is 11.6 Å². The van der Waals surface area contributed by atoms with Crippen molar-refractivity contribution in [3.63, 3.8) is 0 Å². The normalized spacial score (nSPS) is 10.3. The van der Waals surface area contributed by atoms with Gasteiger partial charge in [-0.05, 0) is 24.6 Å². The molecule has 88 valence electrons. The van der Waals surface area contributed by atoms with Crippen LogP contribution in [0.1, 0.15) is 11.3 Å². The first-order valence-electron chi connectivity index (χ1n) is 5.14. The van der Waals surface area contributed by atoms with Gasteiger partial charge in [-0.25, -0.2) is 4.98 Å². The lowest BCUT2D eigenvalue weighted by Gasteiger charge is -2.10. The summed E-state index contributed by atoms with van der Waals surface area (Å²) in [5.74, 6) is 1.08. The Hall–Kier alpha value is -1.65. The van der Waals surface area contributed by atoms with Gasteiger partial charge in [0, 0.05) is 24.0 Å². The third-order valence-electron chi connectivity index (χ3n) is 2.29. The summed E-state index contributed by atoms with van der Waals surface area (Å²) in [6.45, 7) is 2.22. The number of nitrogens with two attached hydrogens (primary N) is 1. The zero-order valence-corrected chi connectivity index (χ0v) is 10.1. The number of benzene rings is 1. The Balaban J connectivity index is 2.34. The molecule has 0 radical (unpaired) electrons. The van der Waals surface area contributed by atoms with Gasteiger partial charge in [-0.2, -0.15) is 0 Å². The van der Waals surface area contributed by atoms with Crippen molar-refractivity contribution in [2.75, 3.05) is 0 Å². The molecule has 0 saturated heterocycles. The molecule has 0 aliphatic carbocycles. The largest absolute Gasteiger partial charge is 0.437 e. The molecule has 0 aliphatic heterocycles. The minimum atomic E-state index is 0.281. The molecule has 1 heterocycles. The molecule has 0 bridgehead atoms. The number of aryl methyl sites for hydroxylation is 1. The maximum absolute atomic E-state index is 5.92. The quantitative estimate of drug-likeness (QED) is 0.909. The van der Waals surface area contributed by atoms with Crippen molar-refractivity contribution >= 4 is 11.6 Å². The summed E-state index contributed by atoms with van der Waals surface area (Å²) >= 11 is 5.92. The summed E-state index contributed by atoms with van der Waals surface area (Å²) < 4.78 is 5.67. The molecule has 0 saturated carbocycles. The van der Waals surface area contributed by atoms with Crippen LogP contribution in [0.2, 0.25) is 5.02 Å². The summed E-state index contributed by atoms with van der Waals surface area (Å²) in [5.41, 5.74) is 7.16. The second kappa shape index (κ2) is 5.12. The van der Waals surface area contributed by atoms with Crippen molar-refractivity contribution < 1.29 is 4.74 Å². The van der Waals surface area contributed by atoms with E-state index in [0.29, 0.717) is 22.3 Å². The van der Waals surface area contributed by atoms with Gasteiger partial charge in [0.1, 0.15) is 11.4 Å². The fourth-order valence-electron chi connectivity index (χ4n) is 1.37. The van der Waals surface area contributed by atoms with Crippen LogP contribution in [0.25, 0.3) is 0 Å². The number of halogens is 1. The van der Waals surface area contributed by atoms with E-state index in [2.05, 4.69) is 9.97 Å². The molecule has 0 amide bonds. The molecule has 2 rings (SSSR count). The second-order valence-corrected chi connectivity index (χ2v) is 3.96. The van der Waals surface area contributed by atoms with Crippen LogP contribution in [-0.2, 0) is 6.54 Å². The lowest BCUT2D eigenvalue weighted by atomic mass is 10.2. The highest BCUT2D eigenvalue weighted by molar-refractivity contribution is 6.30. The maximum atomic E-state index is 5.92. The molecular formula is C12H12ClN3O. The van der Waals surface area contributed by atoms with E-state index in [1.807, 2.05) is 19.1 Å². The number of nitrogens with zero attached hydrogens (tertiary/aromatic N) is 2. The number of rotatable bonds is 3. The summed E-state index contributed by atoms with van der Waals surface area (Å²) in [7, 11) is 0. The van der Waals surface area contributed by atoms with Crippen molar-refractivity contribution in [1.82, 2.24) is 9.97 Å². The van der Waals surface area contributed by atoms with Gasteiger partial charge in [-0.15, -0.1) is 0 Å². The molecule has 0 aliphatic rings. The fourth-order valence-corrected chi connectivity index (χ4v) is 1.53. The lowest BCUT2D eigenvalue weighted by molar-refractivity contribution is 0.449. The summed E-state index contributed by atoms with van der Waals surface area (Å²) in [4.78, 5) is 8.21. The van der Waals surface area contributed by atoms with Crippen molar-refractivity contribution in [3.05, 3.63) is 46.9 Å². The van der Waals surface area contributed by atoms with Crippen LogP contribution in [-0.4, -0.2) is 9.97 Å². The number of ether oxygens (including phenoxy) is 1. The molecule has 0 spiro atoms. The molecule has 0 fully saturated rings. The third-order valence-corrected chi connectivity index (χ3v) is 2.52. The van der Waals surface area contributed by atoms with E-state index in [9.17, 15) is 0 Å². The Bertz CT molecular complexity index is 531. The van der Waals surface area contributed by atoms with E-state index in [1.54, 1.807) is 18.5 Å². The van der Waals surface area contributed by atoms with Gasteiger partial charge < -0.3 is 10.5 Å². The molecule has 0 unspecified atom stereocenters. The van der Waals surface area contributed by atoms with Crippen LogP contribution < -0.4 is 10.5 Å². The Morgan fingerprint density at radius 2 is 2.06 bits per heavy atom. The van der Waals surface area contributed by atoms with Crippen molar-refractivity contribution in [1.29, 1.82) is 0 Å². The molecule has 1 aromatic heterocycles. The van der Waals surface area contributed by atoms with Crippen molar-refractivity contribution in [3.8, 4) is 11.6 Å². The first-order chi connectivity index (χ1) is 8.20. The van der Waals surface area contributed by atoms with Crippen LogP contribution in [0, 0.1) is 6.92 Å². The highest BCUT2D eigenvalue weighted by Gasteiger charge is 2.08. The molecule has 1 aromatic carbocycles. The summed E-state index contributed by atoms with van der Waals surface area (Å²) in [5, 5.41) is 0.615. The van der Waals surface area contributed by atoms with Crippen LogP contribution in [0.3, 0.4) is 0 Å². The minimum absolute atomic E-state index is 0.281. The predicted octanol–water partition coefficient (Wildman–Crippen LogP) is 2.69. The van der Waals surface area contributed by atoms with Crippen molar-refractivity contribution in [2.24, 2.45) is 5.73 Å². The highest BCUT2D eigenvalue weighted by atomic mass is 35.5. The van der Waals surface area contributed by atoms with Gasteiger partial charge in [0.15, 0.2) is 0 Å². The van der Waals surface area contributed by atoms with Gasteiger partial charge in [-0.3, -0.25) is 4.98 Å². The SMILES string of the molecule is Cc1ccc(Cl)cc1Oc1nccnc1CN. The van der Waals surface area contributed by atoms with E-state index < -0.39 is 0 Å².